The van der Waals surface area contributed by atoms with Crippen LogP contribution < -0.4 is 5.73 Å². The Morgan fingerprint density at radius 3 is 2.90 bits per heavy atom. The largest absolute Gasteiger partial charge is 0.480 e. The van der Waals surface area contributed by atoms with E-state index >= 15 is 0 Å². The Bertz CT molecular complexity index is 165. The van der Waals surface area contributed by atoms with Gasteiger partial charge in [-0.15, -0.1) is 0 Å². The summed E-state index contributed by atoms with van der Waals surface area (Å²) in [5.41, 5.74) is 5.37. The second-order valence-corrected chi connectivity index (χ2v) is 2.53. The van der Waals surface area contributed by atoms with Gasteiger partial charge in [0, 0.05) is 5.92 Å². The van der Waals surface area contributed by atoms with Crippen molar-refractivity contribution in [2.45, 2.75) is 18.9 Å². The first-order valence-corrected chi connectivity index (χ1v) is 3.37. The van der Waals surface area contributed by atoms with E-state index in [1.54, 1.807) is 0 Å². The zero-order valence-corrected chi connectivity index (χ0v) is 5.66. The SMILES string of the molecule is N[C@@H](C(=O)O)[C@H]1C=CCC1. The number of carboxylic acid groups (broad SMARTS) is 1. The summed E-state index contributed by atoms with van der Waals surface area (Å²) >= 11 is 0. The summed E-state index contributed by atoms with van der Waals surface area (Å²) in [6.45, 7) is 0. The molecular weight excluding hydrogens is 130 g/mol. The van der Waals surface area contributed by atoms with Crippen molar-refractivity contribution in [1.82, 2.24) is 0 Å². The highest BCUT2D eigenvalue weighted by atomic mass is 16.4. The van der Waals surface area contributed by atoms with E-state index in [-0.39, 0.29) is 5.92 Å². The smallest absolute Gasteiger partial charge is 0.321 e. The van der Waals surface area contributed by atoms with E-state index < -0.39 is 12.0 Å². The fourth-order valence-electron chi connectivity index (χ4n) is 1.14. The summed E-state index contributed by atoms with van der Waals surface area (Å²) in [5.74, 6) is -0.853. The lowest BCUT2D eigenvalue weighted by atomic mass is 10.0. The van der Waals surface area contributed by atoms with Crippen molar-refractivity contribution in [2.24, 2.45) is 11.7 Å². The number of allylic oxidation sites excluding steroid dienone is 1. The van der Waals surface area contributed by atoms with Crippen LogP contribution in [0.5, 0.6) is 0 Å². The number of aliphatic carboxylic acids is 1. The van der Waals surface area contributed by atoms with Crippen molar-refractivity contribution >= 4 is 5.97 Å². The first kappa shape index (κ1) is 7.28. The van der Waals surface area contributed by atoms with E-state index in [9.17, 15) is 4.79 Å². The molecule has 0 fully saturated rings. The summed E-state index contributed by atoms with van der Waals surface area (Å²) in [7, 11) is 0. The highest BCUT2D eigenvalue weighted by molar-refractivity contribution is 5.73. The van der Waals surface area contributed by atoms with E-state index in [2.05, 4.69) is 0 Å². The van der Waals surface area contributed by atoms with Crippen LogP contribution in [-0.2, 0) is 4.79 Å². The Labute approximate surface area is 59.5 Å². The van der Waals surface area contributed by atoms with Crippen LogP contribution >= 0.6 is 0 Å². The maximum Gasteiger partial charge on any atom is 0.321 e. The summed E-state index contributed by atoms with van der Waals surface area (Å²) in [6, 6.07) is -0.709. The van der Waals surface area contributed by atoms with Crippen LogP contribution in [0.15, 0.2) is 12.2 Å². The van der Waals surface area contributed by atoms with Crippen LogP contribution in [0.4, 0.5) is 0 Å². The highest BCUT2D eigenvalue weighted by Gasteiger charge is 2.23. The Balaban J connectivity index is 2.48. The van der Waals surface area contributed by atoms with E-state index in [0.717, 1.165) is 12.8 Å². The van der Waals surface area contributed by atoms with Gasteiger partial charge in [0.1, 0.15) is 6.04 Å². The third-order valence-electron chi connectivity index (χ3n) is 1.80. The van der Waals surface area contributed by atoms with Crippen molar-refractivity contribution in [3.8, 4) is 0 Å². The van der Waals surface area contributed by atoms with Gasteiger partial charge < -0.3 is 10.8 Å². The molecule has 1 aliphatic carbocycles. The molecule has 3 nitrogen and oxygen atoms in total. The molecule has 1 rings (SSSR count). The molecule has 0 spiro atoms. The fourth-order valence-corrected chi connectivity index (χ4v) is 1.14. The van der Waals surface area contributed by atoms with Crippen LogP contribution in [0, 0.1) is 5.92 Å². The van der Waals surface area contributed by atoms with Crippen molar-refractivity contribution in [3.63, 3.8) is 0 Å². The number of hydrogen-bond donors (Lipinski definition) is 2. The molecule has 0 radical (unpaired) electrons. The molecule has 0 aromatic carbocycles. The summed E-state index contributed by atoms with van der Waals surface area (Å²) in [6.07, 6.45) is 5.71. The lowest BCUT2D eigenvalue weighted by Crippen LogP contribution is -2.36. The molecule has 3 N–H and O–H groups in total. The number of hydrogen-bond acceptors (Lipinski definition) is 2. The van der Waals surface area contributed by atoms with Crippen LogP contribution in [0.1, 0.15) is 12.8 Å². The van der Waals surface area contributed by atoms with E-state index in [4.69, 9.17) is 10.8 Å². The van der Waals surface area contributed by atoms with Gasteiger partial charge >= 0.3 is 5.97 Å². The van der Waals surface area contributed by atoms with Gasteiger partial charge in [-0.2, -0.15) is 0 Å². The molecule has 0 heterocycles. The molecule has 2 atom stereocenters. The van der Waals surface area contributed by atoms with E-state index in [1.165, 1.54) is 0 Å². The minimum Gasteiger partial charge on any atom is -0.480 e. The fraction of sp³-hybridized carbons (Fsp3) is 0.571. The number of carbonyl (C=O) groups is 1. The van der Waals surface area contributed by atoms with E-state index in [1.807, 2.05) is 12.2 Å². The molecule has 56 valence electrons. The monoisotopic (exact) mass is 141 g/mol. The minimum absolute atomic E-state index is 0.0532. The van der Waals surface area contributed by atoms with Crippen molar-refractivity contribution in [1.29, 1.82) is 0 Å². The summed E-state index contributed by atoms with van der Waals surface area (Å²) in [4.78, 5) is 10.3. The van der Waals surface area contributed by atoms with Gasteiger partial charge in [0.25, 0.3) is 0 Å². The summed E-state index contributed by atoms with van der Waals surface area (Å²) < 4.78 is 0. The van der Waals surface area contributed by atoms with Gasteiger partial charge in [-0.05, 0) is 12.8 Å². The molecule has 1 aliphatic rings. The lowest BCUT2D eigenvalue weighted by molar-refractivity contribution is -0.139. The molecular formula is C7H11NO2. The molecule has 3 heteroatoms. The zero-order chi connectivity index (χ0) is 7.56. The number of carboxylic acids is 1. The lowest BCUT2D eigenvalue weighted by Gasteiger charge is -2.11. The predicted molar refractivity (Wildman–Crippen MR) is 37.5 cm³/mol. The normalized spacial score (nSPS) is 26.7. The van der Waals surface area contributed by atoms with Crippen LogP contribution in [0.25, 0.3) is 0 Å². The Hall–Kier alpha value is -0.830. The van der Waals surface area contributed by atoms with Gasteiger partial charge in [-0.25, -0.2) is 0 Å². The first-order valence-electron chi connectivity index (χ1n) is 3.37. The molecule has 0 aromatic rings. The van der Waals surface area contributed by atoms with E-state index in [0.29, 0.717) is 0 Å². The van der Waals surface area contributed by atoms with Gasteiger partial charge in [0.2, 0.25) is 0 Å². The average Bonchev–Trinajstić information content (AvgIpc) is 2.36. The van der Waals surface area contributed by atoms with Crippen LogP contribution in [0.3, 0.4) is 0 Å². The maximum atomic E-state index is 10.3. The molecule has 0 bridgehead atoms. The maximum absolute atomic E-state index is 10.3. The van der Waals surface area contributed by atoms with Gasteiger partial charge in [0.05, 0.1) is 0 Å². The molecule has 0 amide bonds. The first-order chi connectivity index (χ1) is 4.72. The Morgan fingerprint density at radius 1 is 1.80 bits per heavy atom. The van der Waals surface area contributed by atoms with Crippen molar-refractivity contribution in [3.05, 3.63) is 12.2 Å². The highest BCUT2D eigenvalue weighted by Crippen LogP contribution is 2.19. The zero-order valence-electron chi connectivity index (χ0n) is 5.66. The topological polar surface area (TPSA) is 63.3 Å². The van der Waals surface area contributed by atoms with Crippen molar-refractivity contribution in [2.75, 3.05) is 0 Å². The molecule has 0 saturated carbocycles. The predicted octanol–water partition coefficient (Wildman–Crippen LogP) is 0.364. The van der Waals surface area contributed by atoms with Crippen LogP contribution in [-0.4, -0.2) is 17.1 Å². The molecule has 0 saturated heterocycles. The standard InChI is InChI=1S/C7H11NO2/c8-6(7(9)10)5-3-1-2-4-5/h1,3,5-6H,2,4,8H2,(H,9,10)/t5-,6+/m0/s1. The third-order valence-corrected chi connectivity index (χ3v) is 1.80. The van der Waals surface area contributed by atoms with Gasteiger partial charge in [-0.3, -0.25) is 4.79 Å². The quantitative estimate of drug-likeness (QED) is 0.546. The summed E-state index contributed by atoms with van der Waals surface area (Å²) in [5, 5.41) is 8.48. The van der Waals surface area contributed by atoms with Gasteiger partial charge in [-0.1, -0.05) is 12.2 Å². The molecule has 0 aromatic heterocycles. The van der Waals surface area contributed by atoms with Gasteiger partial charge in [0.15, 0.2) is 0 Å². The van der Waals surface area contributed by atoms with Crippen molar-refractivity contribution < 1.29 is 9.90 Å². The number of rotatable bonds is 2. The number of nitrogens with two attached hydrogens (primary N) is 1. The average molecular weight is 141 g/mol. The molecule has 0 unspecified atom stereocenters. The van der Waals surface area contributed by atoms with Crippen LogP contribution in [0.2, 0.25) is 0 Å². The second kappa shape index (κ2) is 2.84. The third kappa shape index (κ3) is 1.36. The Kier molecular flexibility index (Phi) is 2.06. The molecule has 10 heavy (non-hydrogen) atoms. The molecule has 0 aliphatic heterocycles. The minimum atomic E-state index is -0.906. The second-order valence-electron chi connectivity index (χ2n) is 2.53. The Morgan fingerprint density at radius 2 is 2.50 bits per heavy atom.